The first-order chi connectivity index (χ1) is 9.95. The van der Waals surface area contributed by atoms with Gasteiger partial charge >= 0.3 is 0 Å². The highest BCUT2D eigenvalue weighted by atomic mass is 35.5. The number of nitrogens with one attached hydrogen (secondary N) is 1. The molecule has 21 heavy (non-hydrogen) atoms. The average molecular weight is 329 g/mol. The first-order valence-corrected chi connectivity index (χ1v) is 9.22. The van der Waals surface area contributed by atoms with Gasteiger partial charge in [-0.15, -0.1) is 0 Å². The molecular weight excluding hydrogens is 308 g/mol. The maximum Gasteiger partial charge on any atom is 0.244 e. The zero-order valence-electron chi connectivity index (χ0n) is 12.2. The van der Waals surface area contributed by atoms with Crippen molar-refractivity contribution in [2.75, 3.05) is 26.2 Å². The van der Waals surface area contributed by atoms with Crippen molar-refractivity contribution in [1.29, 1.82) is 0 Å². The van der Waals surface area contributed by atoms with Crippen molar-refractivity contribution < 1.29 is 8.42 Å². The summed E-state index contributed by atoms with van der Waals surface area (Å²) in [6.45, 7) is 5.05. The predicted octanol–water partition coefficient (Wildman–Crippen LogP) is 2.41. The number of aryl methyl sites for hydroxylation is 1. The summed E-state index contributed by atoms with van der Waals surface area (Å²) < 4.78 is 27.3. The smallest absolute Gasteiger partial charge is 0.244 e. The highest BCUT2D eigenvalue weighted by Gasteiger charge is 2.40. The van der Waals surface area contributed by atoms with Crippen molar-refractivity contribution in [3.05, 3.63) is 28.8 Å². The van der Waals surface area contributed by atoms with Crippen LogP contribution in [0, 0.1) is 12.3 Å². The summed E-state index contributed by atoms with van der Waals surface area (Å²) >= 11 is 6.14. The molecule has 0 aliphatic carbocycles. The minimum Gasteiger partial charge on any atom is -0.316 e. The Kier molecular flexibility index (Phi) is 4.03. The van der Waals surface area contributed by atoms with E-state index in [4.69, 9.17) is 11.6 Å². The molecule has 2 fully saturated rings. The van der Waals surface area contributed by atoms with Crippen LogP contribution >= 0.6 is 11.6 Å². The first-order valence-electron chi connectivity index (χ1n) is 7.41. The Balaban J connectivity index is 1.84. The number of hydrogen-bond donors (Lipinski definition) is 1. The van der Waals surface area contributed by atoms with E-state index in [1.807, 2.05) is 0 Å². The Morgan fingerprint density at radius 2 is 1.95 bits per heavy atom. The molecule has 4 nitrogen and oxygen atoms in total. The van der Waals surface area contributed by atoms with E-state index in [9.17, 15) is 8.42 Å². The molecule has 0 amide bonds. The number of hydrogen-bond acceptors (Lipinski definition) is 3. The van der Waals surface area contributed by atoms with Gasteiger partial charge in [0.1, 0.15) is 4.90 Å². The van der Waals surface area contributed by atoms with E-state index in [1.165, 1.54) is 0 Å². The molecule has 1 aromatic rings. The molecule has 116 valence electrons. The predicted molar refractivity (Wildman–Crippen MR) is 84.1 cm³/mol. The van der Waals surface area contributed by atoms with Crippen LogP contribution in [0.15, 0.2) is 23.1 Å². The van der Waals surface area contributed by atoms with Crippen LogP contribution in [0.3, 0.4) is 0 Å². The summed E-state index contributed by atoms with van der Waals surface area (Å²) in [6.07, 6.45) is 3.03. The van der Waals surface area contributed by atoms with Crippen LogP contribution in [0.1, 0.15) is 24.8 Å². The zero-order chi connectivity index (χ0) is 15.1. The Morgan fingerprint density at radius 3 is 2.52 bits per heavy atom. The van der Waals surface area contributed by atoms with E-state index in [-0.39, 0.29) is 4.90 Å². The van der Waals surface area contributed by atoms with Crippen LogP contribution in [0.25, 0.3) is 0 Å². The first kappa shape index (κ1) is 15.3. The second-order valence-corrected chi connectivity index (χ2v) is 8.50. The van der Waals surface area contributed by atoms with Gasteiger partial charge in [-0.25, -0.2) is 8.42 Å². The Hall–Kier alpha value is -0.620. The molecule has 2 aliphatic heterocycles. The Bertz CT molecular complexity index is 609. The number of piperidine rings is 1. The molecule has 2 saturated heterocycles. The number of sulfonamides is 1. The van der Waals surface area contributed by atoms with Gasteiger partial charge in [0.05, 0.1) is 5.02 Å². The fraction of sp³-hybridized carbons (Fsp3) is 0.600. The molecule has 0 saturated carbocycles. The summed E-state index contributed by atoms with van der Waals surface area (Å²) in [6, 6.07) is 5.23. The molecule has 1 N–H and O–H groups in total. The van der Waals surface area contributed by atoms with Crippen molar-refractivity contribution in [3.63, 3.8) is 0 Å². The van der Waals surface area contributed by atoms with Gasteiger partial charge < -0.3 is 5.32 Å². The lowest BCUT2D eigenvalue weighted by Gasteiger charge is -2.38. The van der Waals surface area contributed by atoms with Gasteiger partial charge in [-0.2, -0.15) is 4.31 Å². The van der Waals surface area contributed by atoms with Gasteiger partial charge in [-0.05, 0) is 49.8 Å². The van der Waals surface area contributed by atoms with Gasteiger partial charge in [0.15, 0.2) is 0 Å². The van der Waals surface area contributed by atoms with E-state index in [0.29, 0.717) is 29.1 Å². The molecular formula is C15H21ClN2O2S. The molecule has 0 radical (unpaired) electrons. The maximum atomic E-state index is 12.9. The Morgan fingerprint density at radius 1 is 1.24 bits per heavy atom. The van der Waals surface area contributed by atoms with E-state index in [0.717, 1.165) is 32.4 Å². The van der Waals surface area contributed by atoms with Gasteiger partial charge in [-0.1, -0.05) is 23.7 Å². The van der Waals surface area contributed by atoms with Crippen LogP contribution in [0.4, 0.5) is 0 Å². The monoisotopic (exact) mass is 328 g/mol. The third-order valence-electron chi connectivity index (χ3n) is 4.88. The van der Waals surface area contributed by atoms with Gasteiger partial charge in [0.25, 0.3) is 0 Å². The molecule has 6 heteroatoms. The van der Waals surface area contributed by atoms with Crippen molar-refractivity contribution >= 4 is 21.6 Å². The lowest BCUT2D eigenvalue weighted by Crippen LogP contribution is -2.44. The molecule has 0 aromatic heterocycles. The molecule has 0 unspecified atom stereocenters. The maximum absolute atomic E-state index is 12.9. The largest absolute Gasteiger partial charge is 0.316 e. The molecule has 1 spiro atoms. The second kappa shape index (κ2) is 5.54. The van der Waals surface area contributed by atoms with E-state index >= 15 is 0 Å². The zero-order valence-corrected chi connectivity index (χ0v) is 13.8. The minimum absolute atomic E-state index is 0.271. The summed E-state index contributed by atoms with van der Waals surface area (Å²) in [7, 11) is -3.49. The topological polar surface area (TPSA) is 49.4 Å². The van der Waals surface area contributed by atoms with Crippen LogP contribution in [-0.4, -0.2) is 38.9 Å². The van der Waals surface area contributed by atoms with E-state index in [2.05, 4.69) is 5.32 Å². The molecule has 3 rings (SSSR count). The summed E-state index contributed by atoms with van der Waals surface area (Å²) in [5, 5.41) is 3.71. The number of nitrogens with zero attached hydrogens (tertiary/aromatic N) is 1. The quantitative estimate of drug-likeness (QED) is 0.907. The van der Waals surface area contributed by atoms with Gasteiger partial charge in [0.2, 0.25) is 10.0 Å². The average Bonchev–Trinajstić information content (AvgIpc) is 2.87. The fourth-order valence-corrected chi connectivity index (χ4v) is 5.72. The Labute approximate surface area is 131 Å². The number of rotatable bonds is 2. The molecule has 0 atom stereocenters. The minimum atomic E-state index is -3.49. The van der Waals surface area contributed by atoms with Crippen LogP contribution in [0.2, 0.25) is 5.02 Å². The molecule has 0 bridgehead atoms. The third kappa shape index (κ3) is 2.72. The van der Waals surface area contributed by atoms with E-state index < -0.39 is 10.0 Å². The van der Waals surface area contributed by atoms with Crippen LogP contribution < -0.4 is 5.32 Å². The second-order valence-electron chi connectivity index (χ2n) is 6.22. The summed E-state index contributed by atoms with van der Waals surface area (Å²) in [5.74, 6) is 0. The molecule has 2 heterocycles. The molecule has 2 aliphatic rings. The highest BCUT2D eigenvalue weighted by Crippen LogP contribution is 2.39. The van der Waals surface area contributed by atoms with Crippen molar-refractivity contribution in [2.24, 2.45) is 5.41 Å². The van der Waals surface area contributed by atoms with Gasteiger partial charge in [-0.3, -0.25) is 0 Å². The van der Waals surface area contributed by atoms with E-state index in [1.54, 1.807) is 29.4 Å². The van der Waals surface area contributed by atoms with Crippen molar-refractivity contribution in [1.82, 2.24) is 9.62 Å². The summed E-state index contributed by atoms with van der Waals surface area (Å²) in [4.78, 5) is 0.271. The third-order valence-corrected chi connectivity index (χ3v) is 7.41. The SMILES string of the molecule is Cc1cccc(Cl)c1S(=O)(=O)N1CCC2(CCNC2)CC1. The van der Waals surface area contributed by atoms with Crippen molar-refractivity contribution in [3.8, 4) is 0 Å². The lowest BCUT2D eigenvalue weighted by molar-refractivity contribution is 0.175. The van der Waals surface area contributed by atoms with Crippen LogP contribution in [0.5, 0.6) is 0 Å². The fourth-order valence-electron chi connectivity index (χ4n) is 3.50. The normalized spacial score (nSPS) is 22.8. The van der Waals surface area contributed by atoms with Crippen LogP contribution in [-0.2, 0) is 10.0 Å². The summed E-state index contributed by atoms with van der Waals surface area (Å²) in [5.41, 5.74) is 1.02. The van der Waals surface area contributed by atoms with Crippen molar-refractivity contribution in [2.45, 2.75) is 31.1 Å². The highest BCUT2D eigenvalue weighted by molar-refractivity contribution is 7.89. The molecule has 1 aromatic carbocycles. The standard InChI is InChI=1S/C15H21ClN2O2S/c1-12-3-2-4-13(16)14(12)21(19,20)18-9-6-15(7-10-18)5-8-17-11-15/h2-4,17H,5-11H2,1H3. The number of benzene rings is 1. The van der Waals surface area contributed by atoms with Gasteiger partial charge in [0, 0.05) is 19.6 Å². The lowest BCUT2D eigenvalue weighted by atomic mass is 9.78. The number of halogens is 1.